The van der Waals surface area contributed by atoms with E-state index in [1.54, 1.807) is 31.2 Å². The van der Waals surface area contributed by atoms with Gasteiger partial charge in [-0.25, -0.2) is 4.79 Å². The standard InChI is InChI=1S/C19H17N5O4/c1-2-26-18(25)13-5-3-4-6-14(13)22-19-23-17(10-20-24-19)21-12-7-8-15-16(9-12)28-11-27-15/h3-10H,2,11H2,1H3,(H2,21,22,23,24). The molecule has 2 N–H and O–H groups in total. The number of anilines is 4. The van der Waals surface area contributed by atoms with Gasteiger partial charge in [-0.2, -0.15) is 10.1 Å². The average molecular weight is 379 g/mol. The third-order valence-corrected chi connectivity index (χ3v) is 3.87. The number of hydrogen-bond donors (Lipinski definition) is 2. The van der Waals surface area contributed by atoms with Crippen molar-refractivity contribution in [2.45, 2.75) is 6.92 Å². The molecule has 1 aliphatic rings. The van der Waals surface area contributed by atoms with Gasteiger partial charge in [0.1, 0.15) is 0 Å². The molecule has 2 heterocycles. The summed E-state index contributed by atoms with van der Waals surface area (Å²) in [5, 5.41) is 14.1. The Bertz CT molecular complexity index is 1010. The summed E-state index contributed by atoms with van der Waals surface area (Å²) in [6.07, 6.45) is 1.49. The Hall–Kier alpha value is -3.88. The molecule has 0 amide bonds. The molecule has 142 valence electrons. The largest absolute Gasteiger partial charge is 0.462 e. The Kier molecular flexibility index (Phi) is 4.87. The Morgan fingerprint density at radius 3 is 2.89 bits per heavy atom. The quantitative estimate of drug-likeness (QED) is 0.624. The van der Waals surface area contributed by atoms with E-state index in [2.05, 4.69) is 25.8 Å². The fourth-order valence-corrected chi connectivity index (χ4v) is 2.64. The molecule has 2 aromatic carbocycles. The summed E-state index contributed by atoms with van der Waals surface area (Å²) in [5.74, 6) is 1.65. The lowest BCUT2D eigenvalue weighted by molar-refractivity contribution is 0.0527. The molecule has 28 heavy (non-hydrogen) atoms. The molecule has 4 rings (SSSR count). The molecule has 0 aliphatic carbocycles. The Labute approximate surface area is 160 Å². The van der Waals surface area contributed by atoms with Crippen molar-refractivity contribution in [1.29, 1.82) is 0 Å². The molecule has 0 saturated heterocycles. The minimum atomic E-state index is -0.423. The summed E-state index contributed by atoms with van der Waals surface area (Å²) in [6, 6.07) is 12.4. The van der Waals surface area contributed by atoms with Crippen molar-refractivity contribution in [3.63, 3.8) is 0 Å². The first-order valence-electron chi connectivity index (χ1n) is 8.62. The smallest absolute Gasteiger partial charge is 0.340 e. The van der Waals surface area contributed by atoms with Gasteiger partial charge in [-0.1, -0.05) is 12.1 Å². The van der Waals surface area contributed by atoms with Crippen molar-refractivity contribution < 1.29 is 19.0 Å². The molecule has 1 aliphatic heterocycles. The van der Waals surface area contributed by atoms with E-state index in [4.69, 9.17) is 14.2 Å². The number of fused-ring (bicyclic) bond motifs is 1. The van der Waals surface area contributed by atoms with E-state index in [-0.39, 0.29) is 12.7 Å². The first kappa shape index (κ1) is 17.5. The van der Waals surface area contributed by atoms with Crippen LogP contribution in [0.1, 0.15) is 17.3 Å². The van der Waals surface area contributed by atoms with E-state index in [1.165, 1.54) is 6.20 Å². The predicted molar refractivity (Wildman–Crippen MR) is 101 cm³/mol. The number of hydrogen-bond acceptors (Lipinski definition) is 9. The van der Waals surface area contributed by atoms with Gasteiger partial charge in [0, 0.05) is 11.8 Å². The number of carbonyl (C=O) groups is 1. The van der Waals surface area contributed by atoms with Crippen LogP contribution in [0.15, 0.2) is 48.7 Å². The van der Waals surface area contributed by atoms with Crippen LogP contribution >= 0.6 is 0 Å². The number of carbonyl (C=O) groups excluding carboxylic acids is 1. The molecule has 9 nitrogen and oxygen atoms in total. The second-order valence-corrected chi connectivity index (χ2v) is 5.75. The molecule has 9 heteroatoms. The van der Waals surface area contributed by atoms with Crippen molar-refractivity contribution in [3.8, 4) is 11.5 Å². The maximum Gasteiger partial charge on any atom is 0.340 e. The molecule has 3 aromatic rings. The van der Waals surface area contributed by atoms with E-state index < -0.39 is 5.97 Å². The van der Waals surface area contributed by atoms with E-state index in [0.29, 0.717) is 35.2 Å². The van der Waals surface area contributed by atoms with Crippen LogP contribution in [-0.4, -0.2) is 34.6 Å². The van der Waals surface area contributed by atoms with Crippen LogP contribution in [0, 0.1) is 0 Å². The number of nitrogens with zero attached hydrogens (tertiary/aromatic N) is 3. The zero-order valence-corrected chi connectivity index (χ0v) is 15.0. The minimum Gasteiger partial charge on any atom is -0.462 e. The van der Waals surface area contributed by atoms with Gasteiger partial charge in [-0.05, 0) is 31.2 Å². The first-order valence-corrected chi connectivity index (χ1v) is 8.62. The molecule has 0 fully saturated rings. The fourth-order valence-electron chi connectivity index (χ4n) is 2.64. The van der Waals surface area contributed by atoms with Gasteiger partial charge in [-0.3, -0.25) is 0 Å². The summed E-state index contributed by atoms with van der Waals surface area (Å²) in [6.45, 7) is 2.26. The number of ether oxygens (including phenoxy) is 3. The van der Waals surface area contributed by atoms with Crippen LogP contribution in [0.3, 0.4) is 0 Å². The third kappa shape index (κ3) is 3.78. The van der Waals surface area contributed by atoms with Crippen molar-refractivity contribution in [1.82, 2.24) is 15.2 Å². The lowest BCUT2D eigenvalue weighted by Crippen LogP contribution is -2.09. The summed E-state index contributed by atoms with van der Waals surface area (Å²) in [5.41, 5.74) is 1.69. The van der Waals surface area contributed by atoms with Gasteiger partial charge in [0.05, 0.1) is 24.1 Å². The van der Waals surface area contributed by atoms with Gasteiger partial charge < -0.3 is 24.8 Å². The van der Waals surface area contributed by atoms with E-state index in [1.807, 2.05) is 18.2 Å². The van der Waals surface area contributed by atoms with Gasteiger partial charge >= 0.3 is 5.97 Å². The molecule has 0 atom stereocenters. The zero-order valence-electron chi connectivity index (χ0n) is 15.0. The normalized spacial score (nSPS) is 11.8. The monoisotopic (exact) mass is 379 g/mol. The SMILES string of the molecule is CCOC(=O)c1ccccc1Nc1nncc(Nc2ccc3c(c2)OCO3)n1. The number of para-hydroxylation sites is 1. The van der Waals surface area contributed by atoms with E-state index in [0.717, 1.165) is 5.69 Å². The highest BCUT2D eigenvalue weighted by Crippen LogP contribution is 2.34. The minimum absolute atomic E-state index is 0.210. The topological polar surface area (TPSA) is 107 Å². The van der Waals surface area contributed by atoms with Crippen LogP contribution in [0.4, 0.5) is 23.1 Å². The molecule has 0 saturated carbocycles. The summed E-state index contributed by atoms with van der Waals surface area (Å²) in [4.78, 5) is 16.5. The highest BCUT2D eigenvalue weighted by atomic mass is 16.7. The Balaban J connectivity index is 1.53. The number of nitrogens with one attached hydrogen (secondary N) is 2. The van der Waals surface area contributed by atoms with E-state index >= 15 is 0 Å². The molecular weight excluding hydrogens is 362 g/mol. The lowest BCUT2D eigenvalue weighted by Gasteiger charge is -2.11. The number of esters is 1. The second kappa shape index (κ2) is 7.78. The van der Waals surface area contributed by atoms with Gasteiger partial charge in [0.2, 0.25) is 12.7 Å². The Morgan fingerprint density at radius 1 is 1.14 bits per heavy atom. The molecule has 0 unspecified atom stereocenters. The van der Waals surface area contributed by atoms with Crippen molar-refractivity contribution >= 4 is 29.1 Å². The summed E-state index contributed by atoms with van der Waals surface area (Å²) < 4.78 is 15.7. The van der Waals surface area contributed by atoms with Crippen molar-refractivity contribution in [2.24, 2.45) is 0 Å². The van der Waals surface area contributed by atoms with Crippen molar-refractivity contribution in [3.05, 3.63) is 54.2 Å². The maximum atomic E-state index is 12.1. The highest BCUT2D eigenvalue weighted by Gasteiger charge is 2.15. The number of benzene rings is 2. The summed E-state index contributed by atoms with van der Waals surface area (Å²) >= 11 is 0. The molecule has 0 radical (unpaired) electrons. The van der Waals surface area contributed by atoms with Crippen LogP contribution < -0.4 is 20.1 Å². The second-order valence-electron chi connectivity index (χ2n) is 5.75. The Morgan fingerprint density at radius 2 is 2.00 bits per heavy atom. The molecule has 0 spiro atoms. The van der Waals surface area contributed by atoms with Gasteiger partial charge in [0.25, 0.3) is 0 Å². The number of aromatic nitrogens is 3. The maximum absolute atomic E-state index is 12.1. The number of rotatable bonds is 6. The first-order chi connectivity index (χ1) is 13.7. The lowest BCUT2D eigenvalue weighted by atomic mass is 10.2. The zero-order chi connectivity index (χ0) is 19.3. The van der Waals surface area contributed by atoms with E-state index in [9.17, 15) is 4.79 Å². The highest BCUT2D eigenvalue weighted by molar-refractivity contribution is 5.96. The van der Waals surface area contributed by atoms with Crippen LogP contribution in [-0.2, 0) is 4.74 Å². The van der Waals surface area contributed by atoms with Gasteiger partial charge in [0.15, 0.2) is 17.3 Å². The summed E-state index contributed by atoms with van der Waals surface area (Å²) in [7, 11) is 0. The average Bonchev–Trinajstić information content (AvgIpc) is 3.17. The van der Waals surface area contributed by atoms with Crippen molar-refractivity contribution in [2.75, 3.05) is 24.0 Å². The fraction of sp³-hybridized carbons (Fsp3) is 0.158. The molecular formula is C19H17N5O4. The molecule has 0 bridgehead atoms. The third-order valence-electron chi connectivity index (χ3n) is 3.87. The van der Waals surface area contributed by atoms with Crippen LogP contribution in [0.2, 0.25) is 0 Å². The van der Waals surface area contributed by atoms with Crippen LogP contribution in [0.25, 0.3) is 0 Å². The van der Waals surface area contributed by atoms with Crippen LogP contribution in [0.5, 0.6) is 11.5 Å². The predicted octanol–water partition coefficient (Wildman–Crippen LogP) is 3.26. The van der Waals surface area contributed by atoms with Gasteiger partial charge in [-0.15, -0.1) is 5.10 Å². The molecule has 1 aromatic heterocycles.